The molecule has 1 aliphatic heterocycles. The van der Waals surface area contributed by atoms with Gasteiger partial charge < -0.3 is 14.8 Å². The summed E-state index contributed by atoms with van der Waals surface area (Å²) in [4.78, 5) is 28.5. The van der Waals surface area contributed by atoms with E-state index in [1.54, 1.807) is 32.0 Å². The topological polar surface area (TPSA) is 105 Å². The van der Waals surface area contributed by atoms with Crippen molar-refractivity contribution in [3.05, 3.63) is 18.2 Å². The summed E-state index contributed by atoms with van der Waals surface area (Å²) in [5.41, 5.74) is -1.05. The standard InChI is InChI=1S/C23H35N3O6S/c1-5-13-33(29,30)25-15-21(27)26(19-12-11-18(31-3)14-20(19)32-4)23(2,16-25)22(28)24-17-9-7-6-8-10-17/h11-12,14,17H,5-10,13,15-16H2,1-4H3,(H,24,28)/t23-/m0/s1. The highest BCUT2D eigenvalue weighted by Gasteiger charge is 2.51. The number of hydrogen-bond donors (Lipinski definition) is 1. The van der Waals surface area contributed by atoms with Gasteiger partial charge in [-0.25, -0.2) is 8.42 Å². The number of carbonyl (C=O) groups is 2. The minimum absolute atomic E-state index is 0.0143. The number of benzene rings is 1. The molecule has 1 saturated heterocycles. The van der Waals surface area contributed by atoms with Crippen molar-refractivity contribution >= 4 is 27.5 Å². The Labute approximate surface area is 196 Å². The van der Waals surface area contributed by atoms with Crippen molar-refractivity contribution in [1.82, 2.24) is 9.62 Å². The van der Waals surface area contributed by atoms with Crippen molar-refractivity contribution < 1.29 is 27.5 Å². The molecule has 1 N–H and O–H groups in total. The van der Waals surface area contributed by atoms with Gasteiger partial charge in [-0.15, -0.1) is 0 Å². The van der Waals surface area contributed by atoms with Crippen LogP contribution >= 0.6 is 0 Å². The lowest BCUT2D eigenvalue weighted by molar-refractivity contribution is -0.133. The van der Waals surface area contributed by atoms with E-state index in [0.717, 1.165) is 36.4 Å². The lowest BCUT2D eigenvalue weighted by Gasteiger charge is -2.47. The van der Waals surface area contributed by atoms with E-state index < -0.39 is 21.5 Å². The molecule has 2 amide bonds. The molecule has 9 nitrogen and oxygen atoms in total. The molecule has 0 unspecified atom stereocenters. The second kappa shape index (κ2) is 10.3. The first kappa shape index (κ1) is 25.3. The van der Waals surface area contributed by atoms with Crippen LogP contribution in [0, 0.1) is 0 Å². The first-order chi connectivity index (χ1) is 15.7. The van der Waals surface area contributed by atoms with E-state index in [4.69, 9.17) is 9.47 Å². The molecule has 2 fully saturated rings. The molecule has 0 aromatic heterocycles. The molecule has 1 aliphatic carbocycles. The molecule has 0 radical (unpaired) electrons. The fourth-order valence-corrected chi connectivity index (χ4v) is 6.21. The maximum atomic E-state index is 13.7. The summed E-state index contributed by atoms with van der Waals surface area (Å²) in [7, 11) is -0.679. The number of nitrogens with zero attached hydrogens (tertiary/aromatic N) is 2. The number of methoxy groups -OCH3 is 2. The van der Waals surface area contributed by atoms with E-state index in [1.165, 1.54) is 19.1 Å². The zero-order chi connectivity index (χ0) is 24.2. The molecule has 3 rings (SSSR count). The second-order valence-corrected chi connectivity index (χ2v) is 11.0. The lowest BCUT2D eigenvalue weighted by atomic mass is 9.91. The monoisotopic (exact) mass is 481 g/mol. The number of sulfonamides is 1. The average Bonchev–Trinajstić information content (AvgIpc) is 2.79. The van der Waals surface area contributed by atoms with Crippen LogP contribution in [-0.2, 0) is 19.6 Å². The third-order valence-electron chi connectivity index (χ3n) is 6.45. The number of piperazine rings is 1. The Hall–Kier alpha value is -2.33. The van der Waals surface area contributed by atoms with Gasteiger partial charge in [0.05, 0.1) is 32.2 Å². The molecule has 1 heterocycles. The van der Waals surface area contributed by atoms with Crippen molar-refractivity contribution in [3.63, 3.8) is 0 Å². The van der Waals surface area contributed by atoms with Crippen LogP contribution in [0.1, 0.15) is 52.4 Å². The van der Waals surface area contributed by atoms with Gasteiger partial charge in [0.15, 0.2) is 0 Å². The van der Waals surface area contributed by atoms with E-state index in [-0.39, 0.29) is 30.8 Å². The quantitative estimate of drug-likeness (QED) is 0.611. The van der Waals surface area contributed by atoms with Gasteiger partial charge in [-0.2, -0.15) is 4.31 Å². The Bertz CT molecular complexity index is 976. The molecule has 33 heavy (non-hydrogen) atoms. The van der Waals surface area contributed by atoms with Crippen molar-refractivity contribution in [1.29, 1.82) is 0 Å². The van der Waals surface area contributed by atoms with E-state index in [2.05, 4.69) is 5.32 Å². The van der Waals surface area contributed by atoms with E-state index in [9.17, 15) is 18.0 Å². The molecule has 1 atom stereocenters. The Kier molecular flexibility index (Phi) is 7.89. The Morgan fingerprint density at radius 2 is 1.88 bits per heavy atom. The summed E-state index contributed by atoms with van der Waals surface area (Å²) >= 11 is 0. The maximum absolute atomic E-state index is 13.7. The summed E-state index contributed by atoms with van der Waals surface area (Å²) in [6.07, 6.45) is 5.38. The van der Waals surface area contributed by atoms with Gasteiger partial charge in [0.1, 0.15) is 17.0 Å². The molecule has 10 heteroatoms. The van der Waals surface area contributed by atoms with E-state index >= 15 is 0 Å². The molecular weight excluding hydrogens is 446 g/mol. The number of rotatable bonds is 8. The summed E-state index contributed by atoms with van der Waals surface area (Å²) in [5, 5.41) is 3.09. The molecule has 1 aromatic rings. The second-order valence-electron chi connectivity index (χ2n) is 8.93. The molecule has 184 valence electrons. The van der Waals surface area contributed by atoms with Crippen molar-refractivity contribution in [2.45, 2.75) is 64.0 Å². The van der Waals surface area contributed by atoms with Crippen LogP contribution in [0.5, 0.6) is 11.5 Å². The Morgan fingerprint density at radius 3 is 2.48 bits per heavy atom. The van der Waals surface area contributed by atoms with Crippen LogP contribution in [0.2, 0.25) is 0 Å². The van der Waals surface area contributed by atoms with Crippen LogP contribution in [0.25, 0.3) is 0 Å². The molecule has 1 saturated carbocycles. The van der Waals surface area contributed by atoms with Gasteiger partial charge in [0.25, 0.3) is 0 Å². The summed E-state index contributed by atoms with van der Waals surface area (Å²) in [5.74, 6) is -0.0144. The van der Waals surface area contributed by atoms with Crippen LogP contribution in [0.3, 0.4) is 0 Å². The minimum Gasteiger partial charge on any atom is -0.497 e. The molecule has 0 spiro atoms. The van der Waals surface area contributed by atoms with Gasteiger partial charge in [-0.05, 0) is 38.3 Å². The van der Waals surface area contributed by atoms with Crippen molar-refractivity contribution in [3.8, 4) is 11.5 Å². The van der Waals surface area contributed by atoms with Crippen LogP contribution < -0.4 is 19.7 Å². The highest BCUT2D eigenvalue weighted by atomic mass is 32.2. The van der Waals surface area contributed by atoms with Crippen LogP contribution in [0.15, 0.2) is 18.2 Å². The molecular formula is C23H35N3O6S. The number of anilines is 1. The first-order valence-electron chi connectivity index (χ1n) is 11.5. The zero-order valence-electron chi connectivity index (χ0n) is 19.9. The van der Waals surface area contributed by atoms with Gasteiger partial charge in [-0.3, -0.25) is 14.5 Å². The lowest BCUT2D eigenvalue weighted by Crippen LogP contribution is -2.71. The van der Waals surface area contributed by atoms with Crippen LogP contribution in [-0.4, -0.2) is 69.2 Å². The first-order valence-corrected chi connectivity index (χ1v) is 13.1. The minimum atomic E-state index is -3.68. The highest BCUT2D eigenvalue weighted by molar-refractivity contribution is 7.89. The predicted octanol–water partition coefficient (Wildman–Crippen LogP) is 2.30. The molecule has 1 aromatic carbocycles. The smallest absolute Gasteiger partial charge is 0.247 e. The predicted molar refractivity (Wildman–Crippen MR) is 126 cm³/mol. The number of hydrogen-bond acceptors (Lipinski definition) is 6. The van der Waals surface area contributed by atoms with Gasteiger partial charge in [0.2, 0.25) is 21.8 Å². The molecule has 0 bridgehead atoms. The Morgan fingerprint density at radius 1 is 1.18 bits per heavy atom. The summed E-state index contributed by atoms with van der Waals surface area (Å²) in [6, 6.07) is 5.01. The summed E-state index contributed by atoms with van der Waals surface area (Å²) in [6.45, 7) is 2.94. The maximum Gasteiger partial charge on any atom is 0.247 e. The third-order valence-corrected chi connectivity index (χ3v) is 8.42. The third kappa shape index (κ3) is 5.27. The summed E-state index contributed by atoms with van der Waals surface area (Å²) < 4.78 is 37.6. The van der Waals surface area contributed by atoms with Crippen molar-refractivity contribution in [2.75, 3.05) is 38.0 Å². The highest BCUT2D eigenvalue weighted by Crippen LogP contribution is 2.39. The average molecular weight is 482 g/mol. The number of carbonyl (C=O) groups excluding carboxylic acids is 2. The largest absolute Gasteiger partial charge is 0.497 e. The van der Waals surface area contributed by atoms with Gasteiger partial charge in [-0.1, -0.05) is 26.2 Å². The fraction of sp³-hybridized carbons (Fsp3) is 0.652. The SMILES string of the molecule is CCCS(=O)(=O)N1CC(=O)N(c2ccc(OC)cc2OC)[C@](C)(C(=O)NC2CCCCC2)C1. The fourth-order valence-electron chi connectivity index (χ4n) is 4.68. The van der Waals surface area contributed by atoms with E-state index in [0.29, 0.717) is 23.6 Å². The molecule has 2 aliphatic rings. The van der Waals surface area contributed by atoms with Crippen LogP contribution in [0.4, 0.5) is 5.69 Å². The normalized spacial score (nSPS) is 22.8. The van der Waals surface area contributed by atoms with Gasteiger partial charge in [0, 0.05) is 18.7 Å². The number of ether oxygens (including phenoxy) is 2. The number of nitrogens with one attached hydrogen (secondary N) is 1. The number of amides is 2. The van der Waals surface area contributed by atoms with E-state index in [1.807, 2.05) is 0 Å². The van der Waals surface area contributed by atoms with Gasteiger partial charge >= 0.3 is 0 Å². The zero-order valence-corrected chi connectivity index (χ0v) is 20.7. The Balaban J connectivity index is 2.04. The van der Waals surface area contributed by atoms with Crippen molar-refractivity contribution in [2.24, 2.45) is 0 Å².